The van der Waals surface area contributed by atoms with Gasteiger partial charge in [-0.1, -0.05) is 12.2 Å². The average molecular weight is 357 g/mol. The van der Waals surface area contributed by atoms with E-state index in [1.54, 1.807) is 6.07 Å². The number of hydrogen-bond donors (Lipinski definition) is 2. The van der Waals surface area contributed by atoms with Crippen molar-refractivity contribution >= 4 is 44.5 Å². The first-order chi connectivity index (χ1) is 9.38. The second kappa shape index (κ2) is 5.85. The first-order valence-corrected chi connectivity index (χ1v) is 6.90. The highest BCUT2D eigenvalue weighted by Gasteiger charge is 2.10. The minimum atomic E-state index is -0.433. The van der Waals surface area contributed by atoms with Crippen molar-refractivity contribution in [2.45, 2.75) is 6.92 Å². The number of nitrogens with two attached hydrogens (primary N) is 1. The topological polar surface area (TPSA) is 38.0 Å². The van der Waals surface area contributed by atoms with Gasteiger partial charge < -0.3 is 11.1 Å². The van der Waals surface area contributed by atoms with E-state index in [1.807, 2.05) is 6.92 Å². The van der Waals surface area contributed by atoms with Crippen LogP contribution in [-0.4, -0.2) is 4.99 Å². The Morgan fingerprint density at radius 1 is 1.20 bits per heavy atom. The standard InChI is InChI=1S/C14H11BrF2N2S/c1-7-4-10(15)11(17)6-13(7)19-12-3-2-8(16)5-9(12)14(18)20/h2-6,19H,1H3,(H2,18,20). The van der Waals surface area contributed by atoms with E-state index in [1.165, 1.54) is 24.3 Å². The van der Waals surface area contributed by atoms with Gasteiger partial charge in [-0.05, 0) is 58.7 Å². The number of thiocarbonyl (C=S) groups is 1. The van der Waals surface area contributed by atoms with Gasteiger partial charge in [-0.25, -0.2) is 8.78 Å². The molecule has 0 spiro atoms. The van der Waals surface area contributed by atoms with Crippen molar-refractivity contribution in [2.75, 3.05) is 5.32 Å². The molecule has 0 unspecified atom stereocenters. The highest BCUT2D eigenvalue weighted by atomic mass is 79.9. The van der Waals surface area contributed by atoms with Gasteiger partial charge in [-0.3, -0.25) is 0 Å². The van der Waals surface area contributed by atoms with Crippen LogP contribution < -0.4 is 11.1 Å². The minimum absolute atomic E-state index is 0.0715. The lowest BCUT2D eigenvalue weighted by molar-refractivity contribution is 0.621. The molecule has 0 aromatic heterocycles. The lowest BCUT2D eigenvalue weighted by Crippen LogP contribution is -2.12. The fraction of sp³-hybridized carbons (Fsp3) is 0.0714. The molecule has 0 saturated heterocycles. The summed E-state index contributed by atoms with van der Waals surface area (Å²) in [6.07, 6.45) is 0. The second-order valence-electron chi connectivity index (χ2n) is 4.26. The van der Waals surface area contributed by atoms with Gasteiger partial charge in [0.2, 0.25) is 0 Å². The number of nitrogens with one attached hydrogen (secondary N) is 1. The summed E-state index contributed by atoms with van der Waals surface area (Å²) in [6, 6.07) is 7.06. The Bertz CT molecular complexity index is 689. The summed E-state index contributed by atoms with van der Waals surface area (Å²) in [5, 5.41) is 3.02. The number of aryl methyl sites for hydroxylation is 1. The third-order valence-electron chi connectivity index (χ3n) is 2.78. The molecular formula is C14H11BrF2N2S. The Morgan fingerprint density at radius 2 is 1.90 bits per heavy atom. The summed E-state index contributed by atoms with van der Waals surface area (Å²) in [5.74, 6) is -0.825. The maximum Gasteiger partial charge on any atom is 0.139 e. The summed E-state index contributed by atoms with van der Waals surface area (Å²) in [6.45, 7) is 1.83. The van der Waals surface area contributed by atoms with E-state index >= 15 is 0 Å². The van der Waals surface area contributed by atoms with Crippen molar-refractivity contribution in [1.82, 2.24) is 0 Å². The number of benzene rings is 2. The van der Waals surface area contributed by atoms with Crippen LogP contribution in [0.1, 0.15) is 11.1 Å². The van der Waals surface area contributed by atoms with Crippen molar-refractivity contribution in [3.05, 3.63) is 57.6 Å². The number of anilines is 2. The second-order valence-corrected chi connectivity index (χ2v) is 5.55. The fourth-order valence-electron chi connectivity index (χ4n) is 1.76. The predicted octanol–water partition coefficient (Wildman–Crippen LogP) is 4.41. The van der Waals surface area contributed by atoms with Crippen molar-refractivity contribution in [3.63, 3.8) is 0 Å². The van der Waals surface area contributed by atoms with E-state index in [2.05, 4.69) is 21.2 Å². The molecule has 6 heteroatoms. The van der Waals surface area contributed by atoms with E-state index < -0.39 is 11.6 Å². The van der Waals surface area contributed by atoms with Gasteiger partial charge in [0.05, 0.1) is 4.47 Å². The van der Waals surface area contributed by atoms with Crippen LogP contribution in [0.25, 0.3) is 0 Å². The van der Waals surface area contributed by atoms with E-state index in [9.17, 15) is 8.78 Å². The smallest absolute Gasteiger partial charge is 0.139 e. The minimum Gasteiger partial charge on any atom is -0.389 e. The predicted molar refractivity (Wildman–Crippen MR) is 84.4 cm³/mol. The molecule has 0 radical (unpaired) electrons. The zero-order valence-electron chi connectivity index (χ0n) is 10.5. The maximum absolute atomic E-state index is 13.6. The lowest BCUT2D eigenvalue weighted by atomic mass is 10.1. The zero-order valence-corrected chi connectivity index (χ0v) is 12.9. The lowest BCUT2D eigenvalue weighted by Gasteiger charge is -2.14. The Labute approximate surface area is 129 Å². The molecule has 0 fully saturated rings. The summed E-state index contributed by atoms with van der Waals surface area (Å²) in [4.78, 5) is 0.0715. The molecule has 0 amide bonds. The quantitative estimate of drug-likeness (QED) is 0.799. The van der Waals surface area contributed by atoms with E-state index in [0.717, 1.165) is 5.56 Å². The van der Waals surface area contributed by atoms with Crippen LogP contribution in [-0.2, 0) is 0 Å². The molecule has 2 nitrogen and oxygen atoms in total. The molecule has 0 aliphatic heterocycles. The van der Waals surface area contributed by atoms with Crippen molar-refractivity contribution in [3.8, 4) is 0 Å². The van der Waals surface area contributed by atoms with Gasteiger partial charge in [0.1, 0.15) is 16.6 Å². The van der Waals surface area contributed by atoms with Crippen molar-refractivity contribution in [2.24, 2.45) is 5.73 Å². The van der Waals surface area contributed by atoms with Crippen molar-refractivity contribution < 1.29 is 8.78 Å². The largest absolute Gasteiger partial charge is 0.389 e. The third-order valence-corrected chi connectivity index (χ3v) is 3.61. The number of hydrogen-bond acceptors (Lipinski definition) is 2. The molecule has 3 N–H and O–H groups in total. The van der Waals surface area contributed by atoms with Gasteiger partial charge in [-0.2, -0.15) is 0 Å². The summed E-state index contributed by atoms with van der Waals surface area (Å²) in [7, 11) is 0. The molecule has 0 saturated carbocycles. The maximum atomic E-state index is 13.6. The normalized spacial score (nSPS) is 10.4. The molecule has 20 heavy (non-hydrogen) atoms. The Kier molecular flexibility index (Phi) is 4.35. The number of halogens is 3. The van der Waals surface area contributed by atoms with Crippen LogP contribution in [0.3, 0.4) is 0 Å². The molecule has 104 valence electrons. The van der Waals surface area contributed by atoms with Crippen LogP contribution in [0, 0.1) is 18.6 Å². The highest BCUT2D eigenvalue weighted by molar-refractivity contribution is 9.10. The molecule has 0 atom stereocenters. The van der Waals surface area contributed by atoms with Crippen LogP contribution in [0.15, 0.2) is 34.8 Å². The van der Waals surface area contributed by atoms with Crippen LogP contribution in [0.5, 0.6) is 0 Å². The van der Waals surface area contributed by atoms with Crippen LogP contribution in [0.4, 0.5) is 20.2 Å². The first kappa shape index (κ1) is 14.9. The monoisotopic (exact) mass is 356 g/mol. The summed E-state index contributed by atoms with van der Waals surface area (Å²) in [5.41, 5.74) is 7.88. The Morgan fingerprint density at radius 3 is 2.55 bits per heavy atom. The molecule has 0 heterocycles. The molecule has 0 aliphatic rings. The van der Waals surface area contributed by atoms with E-state index in [0.29, 0.717) is 21.4 Å². The van der Waals surface area contributed by atoms with Gasteiger partial charge in [-0.15, -0.1) is 0 Å². The van der Waals surface area contributed by atoms with Gasteiger partial charge in [0, 0.05) is 16.9 Å². The highest BCUT2D eigenvalue weighted by Crippen LogP contribution is 2.28. The Hall–Kier alpha value is -1.53. The molecule has 0 bridgehead atoms. The van der Waals surface area contributed by atoms with Crippen molar-refractivity contribution in [1.29, 1.82) is 0 Å². The molecule has 2 aromatic carbocycles. The number of rotatable bonds is 3. The average Bonchev–Trinajstić information content (AvgIpc) is 2.37. The van der Waals surface area contributed by atoms with E-state index in [4.69, 9.17) is 18.0 Å². The SMILES string of the molecule is Cc1cc(Br)c(F)cc1Nc1ccc(F)cc1C(N)=S. The zero-order chi connectivity index (χ0) is 14.9. The van der Waals surface area contributed by atoms with Gasteiger partial charge in [0.25, 0.3) is 0 Å². The molecular weight excluding hydrogens is 346 g/mol. The summed E-state index contributed by atoms with van der Waals surface area (Å²) < 4.78 is 27.2. The fourth-order valence-corrected chi connectivity index (χ4v) is 2.38. The third kappa shape index (κ3) is 3.13. The summed E-state index contributed by atoms with van der Waals surface area (Å²) >= 11 is 8.01. The van der Waals surface area contributed by atoms with Crippen LogP contribution in [0.2, 0.25) is 0 Å². The molecule has 2 aromatic rings. The molecule has 2 rings (SSSR count). The van der Waals surface area contributed by atoms with E-state index in [-0.39, 0.29) is 4.99 Å². The molecule has 0 aliphatic carbocycles. The Balaban J connectivity index is 2.45. The van der Waals surface area contributed by atoms with Gasteiger partial charge >= 0.3 is 0 Å². The van der Waals surface area contributed by atoms with Gasteiger partial charge in [0.15, 0.2) is 0 Å². The van der Waals surface area contributed by atoms with Crippen LogP contribution >= 0.6 is 28.1 Å². The first-order valence-electron chi connectivity index (χ1n) is 5.70.